The lowest BCUT2D eigenvalue weighted by atomic mass is 10.1. The van der Waals surface area contributed by atoms with Crippen LogP contribution in [-0.2, 0) is 0 Å². The van der Waals surface area contributed by atoms with Crippen molar-refractivity contribution >= 4 is 71.8 Å². The zero-order chi connectivity index (χ0) is 31.3. The maximum Gasteiger partial charge on any atom is 0.162 e. The van der Waals surface area contributed by atoms with Crippen LogP contribution in [0.3, 0.4) is 0 Å². The molecule has 5 heteroatoms. The Morgan fingerprint density at radius 1 is 0.553 bits per heavy atom. The predicted molar refractivity (Wildman–Crippen MR) is 202 cm³/mol. The molecule has 0 saturated carbocycles. The maximum absolute atomic E-state index is 5.50. The van der Waals surface area contributed by atoms with Crippen molar-refractivity contribution in [2.45, 2.75) is 13.1 Å². The Bertz CT molecular complexity index is 2720. The van der Waals surface area contributed by atoms with Gasteiger partial charge in [-0.3, -0.25) is 0 Å². The van der Waals surface area contributed by atoms with Gasteiger partial charge in [0.1, 0.15) is 8.07 Å². The molecule has 6 aromatic carbocycles. The van der Waals surface area contributed by atoms with Gasteiger partial charge in [0, 0.05) is 37.4 Å². The summed E-state index contributed by atoms with van der Waals surface area (Å²) in [6.07, 6.45) is 0. The first-order chi connectivity index (χ1) is 23.1. The van der Waals surface area contributed by atoms with E-state index >= 15 is 0 Å². The Labute approximate surface area is 277 Å². The van der Waals surface area contributed by atoms with E-state index in [2.05, 4.69) is 157 Å². The molecule has 3 nitrogen and oxygen atoms in total. The number of aromatic nitrogens is 3. The van der Waals surface area contributed by atoms with Crippen LogP contribution in [0.4, 0.5) is 0 Å². The van der Waals surface area contributed by atoms with Crippen molar-refractivity contribution < 1.29 is 0 Å². The zero-order valence-electron chi connectivity index (χ0n) is 26.0. The minimum absolute atomic E-state index is 0.758. The van der Waals surface area contributed by atoms with E-state index in [1.807, 2.05) is 11.3 Å². The van der Waals surface area contributed by atoms with Crippen molar-refractivity contribution in [1.82, 2.24) is 14.5 Å². The number of fused-ring (bicyclic) bond motifs is 10. The van der Waals surface area contributed by atoms with Crippen LogP contribution in [0.1, 0.15) is 0 Å². The van der Waals surface area contributed by atoms with Gasteiger partial charge in [-0.1, -0.05) is 128 Å². The van der Waals surface area contributed by atoms with Crippen molar-refractivity contribution in [2.75, 3.05) is 0 Å². The molecule has 0 radical (unpaired) electrons. The molecule has 9 aromatic rings. The summed E-state index contributed by atoms with van der Waals surface area (Å²) in [5.41, 5.74) is 9.07. The second-order valence-electron chi connectivity index (χ2n) is 13.0. The van der Waals surface area contributed by atoms with Crippen LogP contribution in [0, 0.1) is 0 Å². The van der Waals surface area contributed by atoms with Gasteiger partial charge in [0.05, 0.1) is 32.8 Å². The smallest absolute Gasteiger partial charge is 0.162 e. The molecule has 0 unspecified atom stereocenters. The van der Waals surface area contributed by atoms with Crippen LogP contribution >= 0.6 is 11.3 Å². The number of thiophene rings is 1. The lowest BCUT2D eigenvalue weighted by Crippen LogP contribution is -2.50. The first-order valence-electron chi connectivity index (χ1n) is 16.1. The molecule has 0 N–H and O–H groups in total. The fraction of sp³-hybridized carbons (Fsp3) is 0.0476. The summed E-state index contributed by atoms with van der Waals surface area (Å²) in [6.45, 7) is 4.88. The van der Waals surface area contributed by atoms with Crippen molar-refractivity contribution in [3.05, 3.63) is 140 Å². The molecular formula is C42H29N3SSi. The van der Waals surface area contributed by atoms with Gasteiger partial charge < -0.3 is 4.57 Å². The molecule has 0 amide bonds. The highest BCUT2D eigenvalue weighted by Gasteiger charge is 2.41. The van der Waals surface area contributed by atoms with Crippen LogP contribution in [-0.4, -0.2) is 22.6 Å². The maximum atomic E-state index is 5.50. The molecule has 0 fully saturated rings. The molecule has 0 atom stereocenters. The number of hydrogen-bond acceptors (Lipinski definition) is 3. The molecule has 47 heavy (non-hydrogen) atoms. The van der Waals surface area contributed by atoms with Crippen LogP contribution in [0.25, 0.3) is 81.6 Å². The molecule has 10 rings (SSSR count). The van der Waals surface area contributed by atoms with Gasteiger partial charge in [-0.15, -0.1) is 11.3 Å². The molecule has 1 aliphatic heterocycles. The van der Waals surface area contributed by atoms with Gasteiger partial charge in [0.25, 0.3) is 0 Å². The van der Waals surface area contributed by atoms with Crippen molar-refractivity contribution in [1.29, 1.82) is 0 Å². The Balaban J connectivity index is 1.32. The van der Waals surface area contributed by atoms with Crippen LogP contribution in [0.5, 0.6) is 0 Å². The SMILES string of the molecule is C[Si]1(C)c2ccccc2-c2nc(-c3ccccc3-n3c4ccccc4c4ccc5c6ccccc6sc5c43)nc(-c3ccccc3)c21. The number of para-hydroxylation sites is 2. The summed E-state index contributed by atoms with van der Waals surface area (Å²) in [5.74, 6) is 0.758. The fourth-order valence-electron chi connectivity index (χ4n) is 7.88. The molecule has 0 aliphatic carbocycles. The van der Waals surface area contributed by atoms with Gasteiger partial charge >= 0.3 is 0 Å². The first kappa shape index (κ1) is 26.8. The lowest BCUT2D eigenvalue weighted by Gasteiger charge is -2.22. The van der Waals surface area contributed by atoms with Gasteiger partial charge in [-0.05, 0) is 40.2 Å². The molecule has 4 heterocycles. The molecular weight excluding hydrogens is 607 g/mol. The average Bonchev–Trinajstić information content (AvgIpc) is 3.74. The third-order valence-corrected chi connectivity index (χ3v) is 14.7. The number of benzene rings is 6. The third kappa shape index (κ3) is 3.72. The number of rotatable bonds is 3. The molecule has 3 aromatic heterocycles. The third-order valence-electron chi connectivity index (χ3n) is 10.0. The zero-order valence-corrected chi connectivity index (χ0v) is 27.8. The minimum atomic E-state index is -2.05. The fourth-order valence-corrected chi connectivity index (χ4v) is 12.4. The highest BCUT2D eigenvalue weighted by atomic mass is 32.1. The minimum Gasteiger partial charge on any atom is -0.307 e. The van der Waals surface area contributed by atoms with E-state index in [0.29, 0.717) is 0 Å². The van der Waals surface area contributed by atoms with E-state index in [-0.39, 0.29) is 0 Å². The standard InChI is InChI=1S/C42H29N3SSi/c1-47(2)36-23-13-9-19-32(36)38-41(47)37(26-14-4-3-5-15-26)43-42(44-38)31-18-7-11-21-34(31)45-33-20-10-6-16-27(33)29-24-25-30-28-17-8-12-22-35(28)46-40(30)39(29)45/h3-25H,1-2H3. The van der Waals surface area contributed by atoms with Gasteiger partial charge in [0.15, 0.2) is 5.82 Å². The first-order valence-corrected chi connectivity index (χ1v) is 19.9. The Morgan fingerprint density at radius 3 is 2.09 bits per heavy atom. The Kier molecular flexibility index (Phi) is 5.60. The normalized spacial score (nSPS) is 13.5. The summed E-state index contributed by atoms with van der Waals surface area (Å²) in [6, 6.07) is 50.4. The number of nitrogens with zero attached hydrogens (tertiary/aromatic N) is 3. The molecule has 0 spiro atoms. The molecule has 222 valence electrons. The second-order valence-corrected chi connectivity index (χ2v) is 18.3. The van der Waals surface area contributed by atoms with Crippen LogP contribution in [0.15, 0.2) is 140 Å². The monoisotopic (exact) mass is 635 g/mol. The van der Waals surface area contributed by atoms with Gasteiger partial charge in [-0.25, -0.2) is 9.97 Å². The van der Waals surface area contributed by atoms with Gasteiger partial charge in [0.2, 0.25) is 0 Å². The van der Waals surface area contributed by atoms with Gasteiger partial charge in [-0.2, -0.15) is 0 Å². The van der Waals surface area contributed by atoms with Crippen molar-refractivity contribution in [3.8, 4) is 39.6 Å². The second kappa shape index (κ2) is 9.82. The topological polar surface area (TPSA) is 30.7 Å². The quantitative estimate of drug-likeness (QED) is 0.181. The highest BCUT2D eigenvalue weighted by molar-refractivity contribution is 7.26. The summed E-state index contributed by atoms with van der Waals surface area (Å²) in [7, 11) is -2.05. The van der Waals surface area contributed by atoms with E-state index in [0.717, 1.165) is 34.0 Å². The summed E-state index contributed by atoms with van der Waals surface area (Å²) < 4.78 is 5.07. The summed E-state index contributed by atoms with van der Waals surface area (Å²) >= 11 is 1.88. The van der Waals surface area contributed by atoms with E-state index in [9.17, 15) is 0 Å². The van der Waals surface area contributed by atoms with E-state index in [4.69, 9.17) is 9.97 Å². The van der Waals surface area contributed by atoms with Crippen molar-refractivity contribution in [3.63, 3.8) is 0 Å². The average molecular weight is 636 g/mol. The predicted octanol–water partition coefficient (Wildman–Crippen LogP) is 10.1. The molecule has 0 saturated heterocycles. The van der Waals surface area contributed by atoms with E-state index < -0.39 is 8.07 Å². The Morgan fingerprint density at radius 2 is 1.21 bits per heavy atom. The summed E-state index contributed by atoms with van der Waals surface area (Å²) in [4.78, 5) is 11.0. The van der Waals surface area contributed by atoms with E-state index in [1.54, 1.807) is 0 Å². The van der Waals surface area contributed by atoms with Crippen molar-refractivity contribution in [2.24, 2.45) is 0 Å². The lowest BCUT2D eigenvalue weighted by molar-refractivity contribution is 1.15. The van der Waals surface area contributed by atoms with E-state index in [1.165, 1.54) is 57.9 Å². The number of hydrogen-bond donors (Lipinski definition) is 0. The highest BCUT2D eigenvalue weighted by Crippen LogP contribution is 2.44. The summed E-state index contributed by atoms with van der Waals surface area (Å²) in [5, 5.41) is 7.87. The largest absolute Gasteiger partial charge is 0.307 e. The van der Waals surface area contributed by atoms with Crippen LogP contribution < -0.4 is 10.4 Å². The Hall–Kier alpha value is -5.36. The van der Waals surface area contributed by atoms with Crippen LogP contribution in [0.2, 0.25) is 13.1 Å². The molecule has 1 aliphatic rings. The molecule has 0 bridgehead atoms.